The molecule has 10 heteroatoms. The van der Waals surface area contributed by atoms with Crippen molar-refractivity contribution < 1.29 is 14.0 Å². The number of hydrogen-bond acceptors (Lipinski definition) is 7. The highest BCUT2D eigenvalue weighted by molar-refractivity contribution is 5.94. The maximum atomic E-state index is 13.8. The van der Waals surface area contributed by atoms with Crippen LogP contribution in [0.3, 0.4) is 0 Å². The van der Waals surface area contributed by atoms with Gasteiger partial charge in [0.15, 0.2) is 0 Å². The molecule has 1 fully saturated rings. The molecule has 40 heavy (non-hydrogen) atoms. The molecular weight excluding hydrogens is 509 g/mol. The Hall–Kier alpha value is -4.83. The first-order chi connectivity index (χ1) is 19.4. The van der Waals surface area contributed by atoms with Gasteiger partial charge in [0, 0.05) is 79.6 Å². The SMILES string of the molecule is CC(=O)Nc1ccc(-c2ccnc(Nc3ccc(N4CCN(C(=O)c5ccc(F)c(CN)c5)CC4)cc3)n2)cc1. The number of amides is 2. The Bertz CT molecular complexity index is 1500. The monoisotopic (exact) mass is 539 g/mol. The summed E-state index contributed by atoms with van der Waals surface area (Å²) in [6.07, 6.45) is 1.70. The molecule has 1 aliphatic rings. The fourth-order valence-corrected chi connectivity index (χ4v) is 4.61. The number of nitrogens with one attached hydrogen (secondary N) is 2. The number of rotatable bonds is 7. The van der Waals surface area contributed by atoms with Crippen LogP contribution in [0.5, 0.6) is 0 Å². The number of benzene rings is 3. The summed E-state index contributed by atoms with van der Waals surface area (Å²) in [5.41, 5.74) is 10.7. The summed E-state index contributed by atoms with van der Waals surface area (Å²) in [6, 6.07) is 21.6. The quantitative estimate of drug-likeness (QED) is 0.319. The Kier molecular flexibility index (Phi) is 7.97. The van der Waals surface area contributed by atoms with E-state index in [1.54, 1.807) is 17.2 Å². The van der Waals surface area contributed by atoms with Crippen molar-refractivity contribution in [3.05, 3.63) is 95.9 Å². The van der Waals surface area contributed by atoms with Crippen molar-refractivity contribution in [1.82, 2.24) is 14.9 Å². The Morgan fingerprint density at radius 3 is 2.30 bits per heavy atom. The lowest BCUT2D eigenvalue weighted by atomic mass is 10.1. The van der Waals surface area contributed by atoms with E-state index in [1.807, 2.05) is 54.6 Å². The van der Waals surface area contributed by atoms with Crippen molar-refractivity contribution in [2.75, 3.05) is 41.7 Å². The Morgan fingerprint density at radius 2 is 1.62 bits per heavy atom. The Labute approximate surface area is 231 Å². The van der Waals surface area contributed by atoms with Crippen molar-refractivity contribution in [2.24, 2.45) is 5.73 Å². The third-order valence-corrected chi connectivity index (χ3v) is 6.72. The zero-order valence-corrected chi connectivity index (χ0v) is 22.1. The first kappa shape index (κ1) is 26.8. The van der Waals surface area contributed by atoms with Gasteiger partial charge in [0.1, 0.15) is 5.82 Å². The standard InChI is InChI=1S/C30H30FN7O2/c1-20(39)34-24-5-2-21(3-6-24)28-12-13-33-30(36-28)35-25-7-9-26(10-8-25)37-14-16-38(17-15-37)29(40)22-4-11-27(31)23(18-22)19-32/h2-13,18H,14-17,19,32H2,1H3,(H,34,39)(H,33,35,36). The van der Waals surface area contributed by atoms with Gasteiger partial charge in [-0.25, -0.2) is 14.4 Å². The minimum absolute atomic E-state index is 0.0536. The number of carbonyl (C=O) groups is 2. The van der Waals surface area contributed by atoms with Crippen LogP contribution in [0.4, 0.5) is 27.4 Å². The van der Waals surface area contributed by atoms with E-state index in [0.29, 0.717) is 43.3 Å². The number of aromatic nitrogens is 2. The topological polar surface area (TPSA) is 116 Å². The molecule has 4 aromatic rings. The predicted molar refractivity (Wildman–Crippen MR) is 154 cm³/mol. The Balaban J connectivity index is 1.18. The summed E-state index contributed by atoms with van der Waals surface area (Å²) in [6.45, 7) is 4.05. The van der Waals surface area contributed by atoms with E-state index in [9.17, 15) is 14.0 Å². The van der Waals surface area contributed by atoms with Crippen LogP contribution in [0.15, 0.2) is 79.0 Å². The van der Waals surface area contributed by atoms with Crippen LogP contribution in [0.25, 0.3) is 11.3 Å². The maximum Gasteiger partial charge on any atom is 0.253 e. The maximum absolute atomic E-state index is 13.8. The molecule has 5 rings (SSSR count). The second kappa shape index (κ2) is 11.9. The molecule has 204 valence electrons. The number of piperazine rings is 1. The average molecular weight is 540 g/mol. The van der Waals surface area contributed by atoms with E-state index in [2.05, 4.69) is 25.5 Å². The van der Waals surface area contributed by atoms with Gasteiger partial charge in [-0.3, -0.25) is 9.59 Å². The molecule has 0 saturated carbocycles. The van der Waals surface area contributed by atoms with Crippen LogP contribution in [-0.2, 0) is 11.3 Å². The molecule has 4 N–H and O–H groups in total. The lowest BCUT2D eigenvalue weighted by Crippen LogP contribution is -2.48. The Morgan fingerprint density at radius 1 is 0.925 bits per heavy atom. The highest BCUT2D eigenvalue weighted by Gasteiger charge is 2.23. The van der Waals surface area contributed by atoms with Crippen molar-refractivity contribution in [2.45, 2.75) is 13.5 Å². The molecule has 0 radical (unpaired) electrons. The summed E-state index contributed by atoms with van der Waals surface area (Å²) in [5, 5.41) is 6.00. The number of anilines is 4. The highest BCUT2D eigenvalue weighted by atomic mass is 19.1. The van der Waals surface area contributed by atoms with Crippen molar-refractivity contribution in [3.63, 3.8) is 0 Å². The first-order valence-corrected chi connectivity index (χ1v) is 13.0. The largest absolute Gasteiger partial charge is 0.368 e. The summed E-state index contributed by atoms with van der Waals surface area (Å²) in [5.74, 6) is -0.148. The fraction of sp³-hybridized carbons (Fsp3) is 0.200. The van der Waals surface area contributed by atoms with E-state index in [4.69, 9.17) is 5.73 Å². The van der Waals surface area contributed by atoms with Gasteiger partial charge in [-0.15, -0.1) is 0 Å². The number of nitrogens with zero attached hydrogens (tertiary/aromatic N) is 4. The number of hydrogen-bond donors (Lipinski definition) is 3. The molecule has 0 atom stereocenters. The second-order valence-corrected chi connectivity index (χ2v) is 9.49. The second-order valence-electron chi connectivity index (χ2n) is 9.49. The van der Waals surface area contributed by atoms with Crippen molar-refractivity contribution in [3.8, 4) is 11.3 Å². The van der Waals surface area contributed by atoms with E-state index >= 15 is 0 Å². The molecule has 0 unspecified atom stereocenters. The van der Waals surface area contributed by atoms with Crippen molar-refractivity contribution >= 4 is 34.8 Å². The lowest BCUT2D eigenvalue weighted by molar-refractivity contribution is -0.114. The number of carbonyl (C=O) groups excluding carboxylic acids is 2. The van der Waals surface area contributed by atoms with E-state index in [-0.39, 0.29) is 18.4 Å². The summed E-state index contributed by atoms with van der Waals surface area (Å²) in [7, 11) is 0. The van der Waals surface area contributed by atoms with Crippen molar-refractivity contribution in [1.29, 1.82) is 0 Å². The van der Waals surface area contributed by atoms with Gasteiger partial charge in [-0.05, 0) is 60.7 Å². The van der Waals surface area contributed by atoms with Gasteiger partial charge in [0.2, 0.25) is 11.9 Å². The summed E-state index contributed by atoms with van der Waals surface area (Å²) >= 11 is 0. The minimum atomic E-state index is -0.393. The molecule has 0 spiro atoms. The summed E-state index contributed by atoms with van der Waals surface area (Å²) in [4.78, 5) is 37.1. The fourth-order valence-electron chi connectivity index (χ4n) is 4.61. The lowest BCUT2D eigenvalue weighted by Gasteiger charge is -2.36. The van der Waals surface area contributed by atoms with Gasteiger partial charge in [0.25, 0.3) is 5.91 Å². The van der Waals surface area contributed by atoms with E-state index in [1.165, 1.54) is 19.1 Å². The predicted octanol–water partition coefficient (Wildman–Crippen LogP) is 4.41. The summed E-state index contributed by atoms with van der Waals surface area (Å²) < 4.78 is 13.8. The molecule has 0 bridgehead atoms. The first-order valence-electron chi connectivity index (χ1n) is 13.0. The number of nitrogens with two attached hydrogens (primary N) is 1. The van der Waals surface area contributed by atoms with Crippen LogP contribution in [0, 0.1) is 5.82 Å². The van der Waals surface area contributed by atoms with Gasteiger partial charge in [-0.2, -0.15) is 0 Å². The molecule has 1 aliphatic heterocycles. The molecule has 9 nitrogen and oxygen atoms in total. The van der Waals surface area contributed by atoms with Crippen LogP contribution in [0.1, 0.15) is 22.8 Å². The zero-order valence-electron chi connectivity index (χ0n) is 22.1. The molecule has 1 aromatic heterocycles. The van der Waals surface area contributed by atoms with Crippen LogP contribution < -0.4 is 21.3 Å². The zero-order chi connectivity index (χ0) is 28.1. The molecule has 0 aliphatic carbocycles. The van der Waals surface area contributed by atoms with Gasteiger partial charge >= 0.3 is 0 Å². The molecule has 1 saturated heterocycles. The van der Waals surface area contributed by atoms with Gasteiger partial charge < -0.3 is 26.2 Å². The average Bonchev–Trinajstić information content (AvgIpc) is 2.98. The molecule has 3 aromatic carbocycles. The molecule has 2 amide bonds. The highest BCUT2D eigenvalue weighted by Crippen LogP contribution is 2.24. The van der Waals surface area contributed by atoms with Gasteiger partial charge in [0.05, 0.1) is 5.69 Å². The smallest absolute Gasteiger partial charge is 0.253 e. The van der Waals surface area contributed by atoms with E-state index < -0.39 is 5.82 Å². The van der Waals surface area contributed by atoms with Crippen LogP contribution >= 0.6 is 0 Å². The van der Waals surface area contributed by atoms with Crippen LogP contribution in [-0.4, -0.2) is 52.9 Å². The van der Waals surface area contributed by atoms with Crippen LogP contribution in [0.2, 0.25) is 0 Å². The third-order valence-electron chi connectivity index (χ3n) is 6.72. The normalized spacial score (nSPS) is 13.2. The third kappa shape index (κ3) is 6.24. The number of halogens is 1. The molecule has 2 heterocycles. The molecular formula is C30H30FN7O2. The van der Waals surface area contributed by atoms with Gasteiger partial charge in [-0.1, -0.05) is 12.1 Å². The minimum Gasteiger partial charge on any atom is -0.368 e. The van der Waals surface area contributed by atoms with E-state index in [0.717, 1.165) is 28.3 Å².